The van der Waals surface area contributed by atoms with E-state index in [0.717, 1.165) is 21.3 Å². The number of aromatic nitrogens is 2. The molecular formula is C29H27N5O5S. The fourth-order valence-corrected chi connectivity index (χ4v) is 4.28. The average Bonchev–Trinajstić information content (AvgIpc) is 2.98. The lowest BCUT2D eigenvalue weighted by molar-refractivity contribution is -0.115. The third kappa shape index (κ3) is 8.05. The lowest BCUT2D eigenvalue weighted by Crippen LogP contribution is -2.16. The number of methoxy groups -OCH3 is 2. The highest BCUT2D eigenvalue weighted by atomic mass is 32.2. The smallest absolute Gasteiger partial charge is 0.337 e. The van der Waals surface area contributed by atoms with E-state index in [2.05, 4.69) is 30.7 Å². The normalized spacial score (nSPS) is 10.3. The van der Waals surface area contributed by atoms with Crippen LogP contribution in [0.25, 0.3) is 0 Å². The summed E-state index contributed by atoms with van der Waals surface area (Å²) < 4.78 is 9.40. The van der Waals surface area contributed by atoms with Gasteiger partial charge in [-0.05, 0) is 78.9 Å². The monoisotopic (exact) mass is 557 g/mol. The second kappa shape index (κ2) is 13.8. The van der Waals surface area contributed by atoms with E-state index >= 15 is 0 Å². The van der Waals surface area contributed by atoms with Crippen LogP contribution in [0.5, 0.6) is 0 Å². The number of nitrogens with one attached hydrogen (secondary N) is 3. The fraction of sp³-hybridized carbons (Fsp3) is 0.138. The van der Waals surface area contributed by atoms with Crippen molar-refractivity contribution < 1.29 is 23.9 Å². The molecule has 4 rings (SSSR count). The summed E-state index contributed by atoms with van der Waals surface area (Å²) in [4.78, 5) is 45.2. The number of carbonyl (C=O) groups excluding carboxylic acids is 3. The van der Waals surface area contributed by atoms with Gasteiger partial charge in [0.1, 0.15) is 5.03 Å². The summed E-state index contributed by atoms with van der Waals surface area (Å²) in [5, 5.41) is 9.91. The van der Waals surface area contributed by atoms with Gasteiger partial charge in [-0.25, -0.2) is 19.6 Å². The SMILES string of the molecule is COC(=O)c1ccc(NCCC(=O)Nc2ccc(Sc3ccnc(Nc4ccc(C(=O)OC)cc4)n3)cc2)cc1. The first-order chi connectivity index (χ1) is 19.4. The zero-order chi connectivity index (χ0) is 28.3. The van der Waals surface area contributed by atoms with Crippen LogP contribution >= 0.6 is 11.8 Å². The van der Waals surface area contributed by atoms with Crippen molar-refractivity contribution in [1.82, 2.24) is 9.97 Å². The molecule has 0 saturated carbocycles. The summed E-state index contributed by atoms with van der Waals surface area (Å²) in [6.45, 7) is 0.441. The molecule has 0 radical (unpaired) electrons. The summed E-state index contributed by atoms with van der Waals surface area (Å²) in [5.41, 5.74) is 3.16. The topological polar surface area (TPSA) is 132 Å². The molecule has 1 heterocycles. The molecule has 40 heavy (non-hydrogen) atoms. The number of rotatable bonds is 11. The number of hydrogen-bond acceptors (Lipinski definition) is 10. The highest BCUT2D eigenvalue weighted by Crippen LogP contribution is 2.28. The first kappa shape index (κ1) is 28.1. The molecule has 3 N–H and O–H groups in total. The second-order valence-electron chi connectivity index (χ2n) is 8.33. The summed E-state index contributed by atoms with van der Waals surface area (Å²) in [6, 6.07) is 23.0. The van der Waals surface area contributed by atoms with E-state index in [9.17, 15) is 14.4 Å². The van der Waals surface area contributed by atoms with Crippen LogP contribution in [0, 0.1) is 0 Å². The first-order valence-corrected chi connectivity index (χ1v) is 13.0. The van der Waals surface area contributed by atoms with E-state index in [0.29, 0.717) is 29.3 Å². The van der Waals surface area contributed by atoms with Crippen molar-refractivity contribution in [3.8, 4) is 0 Å². The van der Waals surface area contributed by atoms with Crippen LogP contribution in [0.1, 0.15) is 27.1 Å². The van der Waals surface area contributed by atoms with Crippen molar-refractivity contribution in [2.45, 2.75) is 16.3 Å². The zero-order valence-electron chi connectivity index (χ0n) is 21.8. The number of anilines is 4. The molecule has 4 aromatic rings. The van der Waals surface area contributed by atoms with E-state index < -0.39 is 11.9 Å². The molecular weight excluding hydrogens is 530 g/mol. The molecule has 0 saturated heterocycles. The number of ether oxygens (including phenoxy) is 2. The summed E-state index contributed by atoms with van der Waals surface area (Å²) >= 11 is 1.46. The van der Waals surface area contributed by atoms with Crippen molar-refractivity contribution in [3.63, 3.8) is 0 Å². The van der Waals surface area contributed by atoms with Crippen LogP contribution in [0.3, 0.4) is 0 Å². The number of amides is 1. The number of hydrogen-bond donors (Lipinski definition) is 3. The number of esters is 2. The lowest BCUT2D eigenvalue weighted by Gasteiger charge is -2.09. The van der Waals surface area contributed by atoms with Crippen LogP contribution in [0.2, 0.25) is 0 Å². The van der Waals surface area contributed by atoms with Gasteiger partial charge in [0.2, 0.25) is 11.9 Å². The minimum absolute atomic E-state index is 0.120. The molecule has 1 aromatic heterocycles. The van der Waals surface area contributed by atoms with Crippen molar-refractivity contribution in [1.29, 1.82) is 0 Å². The molecule has 1 amide bonds. The van der Waals surface area contributed by atoms with Gasteiger partial charge in [0.25, 0.3) is 0 Å². The second-order valence-corrected chi connectivity index (χ2v) is 9.43. The van der Waals surface area contributed by atoms with Crippen molar-refractivity contribution in [3.05, 3.63) is 96.2 Å². The highest BCUT2D eigenvalue weighted by Gasteiger charge is 2.08. The average molecular weight is 558 g/mol. The van der Waals surface area contributed by atoms with Gasteiger partial charge in [-0.15, -0.1) is 0 Å². The van der Waals surface area contributed by atoms with Crippen molar-refractivity contribution in [2.75, 3.05) is 36.7 Å². The van der Waals surface area contributed by atoms with Gasteiger partial charge in [-0.3, -0.25) is 4.79 Å². The Hall–Kier alpha value is -4.90. The molecule has 0 aliphatic heterocycles. The van der Waals surface area contributed by atoms with Crippen molar-refractivity contribution in [2.24, 2.45) is 0 Å². The molecule has 204 valence electrons. The van der Waals surface area contributed by atoms with Gasteiger partial charge < -0.3 is 25.4 Å². The standard InChI is InChI=1S/C29H27N5O5S/c1-38-27(36)19-3-7-21(8-4-19)30-17-15-25(35)32-22-11-13-24(14-12-22)40-26-16-18-31-29(34-26)33-23-9-5-20(6-10-23)28(37)39-2/h3-14,16,18,30H,15,17H2,1-2H3,(H,32,35)(H,31,33,34). The Labute approximate surface area is 235 Å². The lowest BCUT2D eigenvalue weighted by atomic mass is 10.2. The number of benzene rings is 3. The molecule has 10 nitrogen and oxygen atoms in total. The molecule has 0 fully saturated rings. The van der Waals surface area contributed by atoms with E-state index in [4.69, 9.17) is 4.74 Å². The molecule has 11 heteroatoms. The Morgan fingerprint density at radius 2 is 1.32 bits per heavy atom. The van der Waals surface area contributed by atoms with Gasteiger partial charge in [0.15, 0.2) is 0 Å². The summed E-state index contributed by atoms with van der Waals surface area (Å²) in [6.07, 6.45) is 1.94. The number of carbonyl (C=O) groups is 3. The van der Waals surface area contributed by atoms with Gasteiger partial charge in [0, 0.05) is 41.1 Å². The van der Waals surface area contributed by atoms with Crippen LogP contribution in [0.15, 0.2) is 95.0 Å². The van der Waals surface area contributed by atoms with Crippen LogP contribution in [-0.4, -0.2) is 48.6 Å². The van der Waals surface area contributed by atoms with Crippen LogP contribution in [0.4, 0.5) is 23.0 Å². The third-order valence-electron chi connectivity index (χ3n) is 5.54. The van der Waals surface area contributed by atoms with E-state index in [1.54, 1.807) is 54.7 Å². The van der Waals surface area contributed by atoms with E-state index in [-0.39, 0.29) is 12.3 Å². The minimum atomic E-state index is -0.399. The predicted octanol–water partition coefficient (Wildman–Crippen LogP) is 5.39. The Bertz CT molecular complexity index is 1460. The highest BCUT2D eigenvalue weighted by molar-refractivity contribution is 7.99. The maximum Gasteiger partial charge on any atom is 0.337 e. The third-order valence-corrected chi connectivity index (χ3v) is 6.48. The van der Waals surface area contributed by atoms with E-state index in [1.165, 1.54) is 26.0 Å². The molecule has 0 unspecified atom stereocenters. The summed E-state index contributed by atoms with van der Waals surface area (Å²) in [5.74, 6) is -0.488. The van der Waals surface area contributed by atoms with Gasteiger partial charge in [-0.2, -0.15) is 0 Å². The molecule has 0 aliphatic rings. The fourth-order valence-electron chi connectivity index (χ4n) is 3.51. The summed E-state index contributed by atoms with van der Waals surface area (Å²) in [7, 11) is 2.68. The maximum atomic E-state index is 12.4. The molecule has 0 spiro atoms. The Kier molecular flexibility index (Phi) is 9.67. The Balaban J connectivity index is 1.24. The molecule has 0 bridgehead atoms. The quantitative estimate of drug-likeness (QED) is 0.163. The maximum absolute atomic E-state index is 12.4. The predicted molar refractivity (Wildman–Crippen MR) is 153 cm³/mol. The Morgan fingerprint density at radius 1 is 0.750 bits per heavy atom. The molecule has 0 atom stereocenters. The number of nitrogens with zero attached hydrogens (tertiary/aromatic N) is 2. The first-order valence-electron chi connectivity index (χ1n) is 12.2. The van der Waals surface area contributed by atoms with E-state index in [1.807, 2.05) is 30.3 Å². The zero-order valence-corrected chi connectivity index (χ0v) is 22.7. The molecule has 3 aromatic carbocycles. The largest absolute Gasteiger partial charge is 0.465 e. The molecule has 0 aliphatic carbocycles. The van der Waals surface area contributed by atoms with Crippen LogP contribution in [-0.2, 0) is 14.3 Å². The van der Waals surface area contributed by atoms with Crippen molar-refractivity contribution >= 4 is 52.6 Å². The van der Waals surface area contributed by atoms with Gasteiger partial charge in [-0.1, -0.05) is 11.8 Å². The van der Waals surface area contributed by atoms with Gasteiger partial charge in [0.05, 0.1) is 25.3 Å². The minimum Gasteiger partial charge on any atom is -0.465 e. The van der Waals surface area contributed by atoms with Gasteiger partial charge >= 0.3 is 11.9 Å². The Morgan fingerprint density at radius 3 is 1.93 bits per heavy atom. The van der Waals surface area contributed by atoms with Crippen LogP contribution < -0.4 is 16.0 Å².